The van der Waals surface area contributed by atoms with E-state index in [-0.39, 0.29) is 5.91 Å². The molecule has 0 radical (unpaired) electrons. The maximum atomic E-state index is 12.4. The number of pyridine rings is 1. The standard InChI is InChI=1S/C16H25N3O/c1-11(2)13-6-4-5-7-14(13)19-16(20)12-8-9-18-15(10-12)17-3/h8-11,13-14H,4-7H2,1-3H3,(H,17,18)(H,19,20). The highest BCUT2D eigenvalue weighted by Gasteiger charge is 2.28. The summed E-state index contributed by atoms with van der Waals surface area (Å²) in [7, 11) is 1.81. The average Bonchev–Trinajstić information content (AvgIpc) is 2.47. The number of carbonyl (C=O) groups excluding carboxylic acids is 1. The zero-order chi connectivity index (χ0) is 14.5. The molecule has 4 heteroatoms. The van der Waals surface area contributed by atoms with E-state index in [9.17, 15) is 4.79 Å². The van der Waals surface area contributed by atoms with E-state index in [1.54, 1.807) is 25.4 Å². The quantitative estimate of drug-likeness (QED) is 0.888. The second-order valence-electron chi connectivity index (χ2n) is 5.95. The van der Waals surface area contributed by atoms with Gasteiger partial charge in [-0.3, -0.25) is 4.79 Å². The molecule has 2 unspecified atom stereocenters. The van der Waals surface area contributed by atoms with Crippen LogP contribution in [0.5, 0.6) is 0 Å². The SMILES string of the molecule is CNc1cc(C(=O)NC2CCCCC2C(C)C)ccn1. The summed E-state index contributed by atoms with van der Waals surface area (Å²) in [5.74, 6) is 1.95. The lowest BCUT2D eigenvalue weighted by Crippen LogP contribution is -2.43. The van der Waals surface area contributed by atoms with Gasteiger partial charge in [0, 0.05) is 24.8 Å². The molecule has 0 aliphatic heterocycles. The van der Waals surface area contributed by atoms with Gasteiger partial charge in [-0.2, -0.15) is 0 Å². The molecule has 0 bridgehead atoms. The molecular weight excluding hydrogens is 250 g/mol. The minimum atomic E-state index is 0.0152. The Kier molecular flexibility index (Phi) is 4.99. The third kappa shape index (κ3) is 3.50. The molecule has 1 fully saturated rings. The van der Waals surface area contributed by atoms with Crippen LogP contribution in [0.25, 0.3) is 0 Å². The Balaban J connectivity index is 2.05. The zero-order valence-corrected chi connectivity index (χ0v) is 12.6. The number of carbonyl (C=O) groups is 1. The first-order valence-corrected chi connectivity index (χ1v) is 7.56. The lowest BCUT2D eigenvalue weighted by Gasteiger charge is -2.34. The van der Waals surface area contributed by atoms with E-state index in [0.29, 0.717) is 23.4 Å². The van der Waals surface area contributed by atoms with Gasteiger partial charge in [-0.15, -0.1) is 0 Å². The predicted octanol–water partition coefficient (Wildman–Crippen LogP) is 3.07. The summed E-state index contributed by atoms with van der Waals surface area (Å²) in [4.78, 5) is 16.5. The fourth-order valence-electron chi connectivity index (χ4n) is 3.10. The smallest absolute Gasteiger partial charge is 0.251 e. The predicted molar refractivity (Wildman–Crippen MR) is 81.8 cm³/mol. The lowest BCUT2D eigenvalue weighted by molar-refractivity contribution is 0.0889. The van der Waals surface area contributed by atoms with Gasteiger partial charge in [-0.05, 0) is 36.8 Å². The molecule has 1 aliphatic carbocycles. The minimum Gasteiger partial charge on any atom is -0.373 e. The van der Waals surface area contributed by atoms with Gasteiger partial charge in [-0.25, -0.2) is 4.98 Å². The number of rotatable bonds is 4. The topological polar surface area (TPSA) is 54.0 Å². The first kappa shape index (κ1) is 14.8. The number of nitrogens with one attached hydrogen (secondary N) is 2. The van der Waals surface area contributed by atoms with Crippen LogP contribution >= 0.6 is 0 Å². The van der Waals surface area contributed by atoms with Gasteiger partial charge >= 0.3 is 0 Å². The molecule has 2 N–H and O–H groups in total. The highest BCUT2D eigenvalue weighted by Crippen LogP contribution is 2.30. The maximum Gasteiger partial charge on any atom is 0.251 e. The van der Waals surface area contributed by atoms with Crippen molar-refractivity contribution in [2.24, 2.45) is 11.8 Å². The Morgan fingerprint density at radius 2 is 2.10 bits per heavy atom. The largest absolute Gasteiger partial charge is 0.373 e. The Morgan fingerprint density at radius 3 is 2.80 bits per heavy atom. The normalized spacial score (nSPS) is 22.6. The van der Waals surface area contributed by atoms with Crippen molar-refractivity contribution in [1.82, 2.24) is 10.3 Å². The van der Waals surface area contributed by atoms with Crippen LogP contribution in [-0.4, -0.2) is 24.0 Å². The first-order valence-electron chi connectivity index (χ1n) is 7.56. The molecule has 0 saturated heterocycles. The number of hydrogen-bond acceptors (Lipinski definition) is 3. The molecule has 110 valence electrons. The monoisotopic (exact) mass is 275 g/mol. The number of anilines is 1. The molecule has 2 rings (SSSR count). The Hall–Kier alpha value is -1.58. The molecule has 0 spiro atoms. The van der Waals surface area contributed by atoms with E-state index in [4.69, 9.17) is 0 Å². The number of amides is 1. The van der Waals surface area contributed by atoms with Gasteiger partial charge in [0.25, 0.3) is 5.91 Å². The second kappa shape index (κ2) is 6.73. The van der Waals surface area contributed by atoms with Gasteiger partial charge in [-0.1, -0.05) is 26.7 Å². The summed E-state index contributed by atoms with van der Waals surface area (Å²) < 4.78 is 0. The molecule has 1 aromatic rings. The highest BCUT2D eigenvalue weighted by atomic mass is 16.1. The van der Waals surface area contributed by atoms with Crippen LogP contribution in [0.3, 0.4) is 0 Å². The van der Waals surface area contributed by atoms with Crippen molar-refractivity contribution in [3.63, 3.8) is 0 Å². The number of nitrogens with zero attached hydrogens (tertiary/aromatic N) is 1. The van der Waals surface area contributed by atoms with E-state index < -0.39 is 0 Å². The van der Waals surface area contributed by atoms with Gasteiger partial charge in [0.05, 0.1) is 0 Å². The summed E-state index contributed by atoms with van der Waals surface area (Å²) in [5.41, 5.74) is 0.678. The van der Waals surface area contributed by atoms with Crippen LogP contribution in [-0.2, 0) is 0 Å². The molecular formula is C16H25N3O. The molecule has 1 aromatic heterocycles. The van der Waals surface area contributed by atoms with Crippen molar-refractivity contribution >= 4 is 11.7 Å². The van der Waals surface area contributed by atoms with E-state index >= 15 is 0 Å². The number of hydrogen-bond donors (Lipinski definition) is 2. The van der Waals surface area contributed by atoms with Crippen molar-refractivity contribution in [2.45, 2.75) is 45.6 Å². The summed E-state index contributed by atoms with van der Waals surface area (Å²) in [6, 6.07) is 3.87. The van der Waals surface area contributed by atoms with Gasteiger partial charge < -0.3 is 10.6 Å². The third-order valence-corrected chi connectivity index (χ3v) is 4.27. The van der Waals surface area contributed by atoms with Crippen molar-refractivity contribution in [1.29, 1.82) is 0 Å². The second-order valence-corrected chi connectivity index (χ2v) is 5.95. The summed E-state index contributed by atoms with van der Waals surface area (Å²) in [5, 5.41) is 6.19. The lowest BCUT2D eigenvalue weighted by atomic mass is 9.78. The van der Waals surface area contributed by atoms with E-state index in [0.717, 1.165) is 12.2 Å². The van der Waals surface area contributed by atoms with Gasteiger partial charge in [0.15, 0.2) is 0 Å². The highest BCUT2D eigenvalue weighted by molar-refractivity contribution is 5.95. The van der Waals surface area contributed by atoms with Crippen LogP contribution in [0.1, 0.15) is 49.9 Å². The molecule has 1 heterocycles. The summed E-state index contributed by atoms with van der Waals surface area (Å²) in [6.45, 7) is 4.50. The zero-order valence-electron chi connectivity index (χ0n) is 12.6. The van der Waals surface area contributed by atoms with Crippen LogP contribution in [0, 0.1) is 11.8 Å². The van der Waals surface area contributed by atoms with Crippen LogP contribution < -0.4 is 10.6 Å². The minimum absolute atomic E-state index is 0.0152. The van der Waals surface area contributed by atoms with Gasteiger partial charge in [0.1, 0.15) is 5.82 Å². The van der Waals surface area contributed by atoms with E-state index in [1.807, 2.05) is 0 Å². The van der Waals surface area contributed by atoms with Crippen molar-refractivity contribution in [3.05, 3.63) is 23.9 Å². The maximum absolute atomic E-state index is 12.4. The Labute approximate surface area is 121 Å². The summed E-state index contributed by atoms with van der Waals surface area (Å²) >= 11 is 0. The molecule has 1 saturated carbocycles. The van der Waals surface area contributed by atoms with Crippen molar-refractivity contribution < 1.29 is 4.79 Å². The molecule has 1 aliphatic rings. The van der Waals surface area contributed by atoms with Crippen LogP contribution in [0.15, 0.2) is 18.3 Å². The molecule has 4 nitrogen and oxygen atoms in total. The van der Waals surface area contributed by atoms with Gasteiger partial charge in [0.2, 0.25) is 0 Å². The molecule has 0 aromatic carbocycles. The third-order valence-electron chi connectivity index (χ3n) is 4.27. The summed E-state index contributed by atoms with van der Waals surface area (Å²) in [6.07, 6.45) is 6.49. The van der Waals surface area contributed by atoms with Crippen molar-refractivity contribution in [3.8, 4) is 0 Å². The molecule has 1 amide bonds. The molecule has 20 heavy (non-hydrogen) atoms. The fourth-order valence-corrected chi connectivity index (χ4v) is 3.10. The Morgan fingerprint density at radius 1 is 1.35 bits per heavy atom. The molecule has 2 atom stereocenters. The van der Waals surface area contributed by atoms with Crippen LogP contribution in [0.2, 0.25) is 0 Å². The Bertz CT molecular complexity index is 459. The number of aromatic nitrogens is 1. The average molecular weight is 275 g/mol. The van der Waals surface area contributed by atoms with E-state index in [2.05, 4.69) is 29.5 Å². The fraction of sp³-hybridized carbons (Fsp3) is 0.625. The van der Waals surface area contributed by atoms with Crippen LogP contribution in [0.4, 0.5) is 5.82 Å². The first-order chi connectivity index (χ1) is 9.61. The van der Waals surface area contributed by atoms with Crippen molar-refractivity contribution in [2.75, 3.05) is 12.4 Å². The van der Waals surface area contributed by atoms with E-state index in [1.165, 1.54) is 19.3 Å².